The monoisotopic (exact) mass is 452 g/mol. The van der Waals surface area contributed by atoms with Gasteiger partial charge in [0.05, 0.1) is 43.6 Å². The minimum Gasteiger partial charge on any atom is -0.394 e. The van der Waals surface area contributed by atoms with E-state index in [9.17, 15) is 25.5 Å². The van der Waals surface area contributed by atoms with Crippen molar-refractivity contribution in [2.75, 3.05) is 20.3 Å². The molecule has 0 unspecified atom stereocenters. The topological polar surface area (TPSA) is 228 Å². The lowest BCUT2D eigenvalue weighted by molar-refractivity contribution is -0.293. The second-order valence-corrected chi connectivity index (χ2v) is 8.51. The third-order valence-electron chi connectivity index (χ3n) is 6.34. The molecule has 1 saturated carbocycles. The van der Waals surface area contributed by atoms with E-state index < -0.39 is 86.1 Å². The van der Waals surface area contributed by atoms with Crippen molar-refractivity contribution < 1.29 is 44.5 Å². The van der Waals surface area contributed by atoms with E-state index in [1.54, 1.807) is 7.05 Å². The van der Waals surface area contributed by atoms with Crippen LogP contribution in [-0.2, 0) is 18.9 Å². The van der Waals surface area contributed by atoms with Crippen molar-refractivity contribution in [3.05, 3.63) is 0 Å². The summed E-state index contributed by atoms with van der Waals surface area (Å²) < 4.78 is 22.8. The molecule has 2 aliphatic heterocycles. The van der Waals surface area contributed by atoms with Gasteiger partial charge in [0.15, 0.2) is 12.6 Å². The zero-order valence-corrected chi connectivity index (χ0v) is 17.4. The molecule has 1 aliphatic carbocycles. The minimum atomic E-state index is -1.35. The molecule has 0 spiro atoms. The lowest BCUT2D eigenvalue weighted by atomic mass is 9.86. The fourth-order valence-electron chi connectivity index (χ4n) is 4.36. The van der Waals surface area contributed by atoms with Crippen molar-refractivity contribution in [2.45, 2.75) is 92.3 Å². The lowest BCUT2D eigenvalue weighted by Crippen LogP contribution is -2.65. The van der Waals surface area contributed by atoms with Gasteiger partial charge in [-0.05, 0) is 13.5 Å². The van der Waals surface area contributed by atoms with Crippen LogP contribution >= 0.6 is 0 Å². The van der Waals surface area contributed by atoms with Crippen LogP contribution in [-0.4, -0.2) is 125 Å². The number of aliphatic hydroxyl groups excluding tert-OH is 5. The predicted molar refractivity (Wildman–Crippen MR) is 105 cm³/mol. The predicted octanol–water partition coefficient (Wildman–Crippen LogP) is -5.36. The molecule has 2 heterocycles. The van der Waals surface area contributed by atoms with E-state index in [4.69, 9.17) is 36.1 Å². The van der Waals surface area contributed by atoms with E-state index in [1.165, 1.54) is 0 Å². The highest BCUT2D eigenvalue weighted by molar-refractivity contribution is 4.96. The number of rotatable bonds is 6. The van der Waals surface area contributed by atoms with E-state index in [-0.39, 0.29) is 13.0 Å². The first kappa shape index (κ1) is 25.1. The standard InChI is InChI=1S/C18H36N4O9/c1-22-13-8(24)5-28-18(16(13)27)30-10-3-9(6(19)2-7(10)20)29-17-12(21)15(26)14(25)11(4-23)31-17/h6-18,22-27H,2-5,19-21H2,1H3/t6-,7+,8+,9-,10+,11+,12+,13-,14+,15+,16+,17-,18+/m0/s1. The zero-order valence-electron chi connectivity index (χ0n) is 17.4. The van der Waals surface area contributed by atoms with Crippen LogP contribution in [0.1, 0.15) is 12.8 Å². The van der Waals surface area contributed by atoms with Crippen molar-refractivity contribution in [3.63, 3.8) is 0 Å². The fourth-order valence-corrected chi connectivity index (χ4v) is 4.36. The van der Waals surface area contributed by atoms with E-state index in [1.807, 2.05) is 0 Å². The summed E-state index contributed by atoms with van der Waals surface area (Å²) in [5, 5.41) is 52.7. The second-order valence-electron chi connectivity index (χ2n) is 8.51. The summed E-state index contributed by atoms with van der Waals surface area (Å²) >= 11 is 0. The van der Waals surface area contributed by atoms with Crippen LogP contribution in [0.15, 0.2) is 0 Å². The molecule has 0 aromatic heterocycles. The molecule has 0 aromatic rings. The Bertz CT molecular complexity index is 576. The van der Waals surface area contributed by atoms with Crippen molar-refractivity contribution >= 4 is 0 Å². The van der Waals surface area contributed by atoms with E-state index in [2.05, 4.69) is 5.32 Å². The summed E-state index contributed by atoms with van der Waals surface area (Å²) in [7, 11) is 1.62. The Morgan fingerprint density at radius 1 is 0.903 bits per heavy atom. The molecule has 2 saturated heterocycles. The average Bonchev–Trinajstić information content (AvgIpc) is 2.73. The van der Waals surface area contributed by atoms with Gasteiger partial charge in [-0.1, -0.05) is 0 Å². The Hall–Kier alpha value is -0.520. The average molecular weight is 453 g/mol. The highest BCUT2D eigenvalue weighted by atomic mass is 16.7. The van der Waals surface area contributed by atoms with Crippen LogP contribution in [0.3, 0.4) is 0 Å². The summed E-state index contributed by atoms with van der Waals surface area (Å²) in [5.41, 5.74) is 18.4. The van der Waals surface area contributed by atoms with Gasteiger partial charge in [0.25, 0.3) is 0 Å². The van der Waals surface area contributed by atoms with Gasteiger partial charge >= 0.3 is 0 Å². The van der Waals surface area contributed by atoms with Crippen LogP contribution in [0.25, 0.3) is 0 Å². The second kappa shape index (κ2) is 10.6. The number of ether oxygens (including phenoxy) is 4. The summed E-state index contributed by atoms with van der Waals surface area (Å²) in [6, 6.07) is -2.61. The number of hydrogen-bond donors (Lipinski definition) is 9. The largest absolute Gasteiger partial charge is 0.394 e. The van der Waals surface area contributed by atoms with Gasteiger partial charge < -0.3 is 67.0 Å². The Kier molecular flexibility index (Phi) is 8.59. The number of nitrogens with one attached hydrogen (secondary N) is 1. The molecule has 3 fully saturated rings. The van der Waals surface area contributed by atoms with Crippen molar-refractivity contribution in [3.8, 4) is 0 Å². The Morgan fingerprint density at radius 3 is 2.10 bits per heavy atom. The number of nitrogens with two attached hydrogens (primary N) is 3. The summed E-state index contributed by atoms with van der Waals surface area (Å²) in [6.45, 7) is -0.532. The van der Waals surface area contributed by atoms with Crippen LogP contribution in [0.5, 0.6) is 0 Å². The van der Waals surface area contributed by atoms with E-state index in [0.29, 0.717) is 6.42 Å². The third kappa shape index (κ3) is 5.35. The third-order valence-corrected chi connectivity index (χ3v) is 6.34. The molecule has 12 N–H and O–H groups in total. The Balaban J connectivity index is 1.64. The molecule has 0 radical (unpaired) electrons. The lowest BCUT2D eigenvalue weighted by Gasteiger charge is -2.46. The van der Waals surface area contributed by atoms with Crippen LogP contribution < -0.4 is 22.5 Å². The van der Waals surface area contributed by atoms with Gasteiger partial charge in [-0.2, -0.15) is 0 Å². The first-order valence-electron chi connectivity index (χ1n) is 10.5. The maximum atomic E-state index is 10.5. The van der Waals surface area contributed by atoms with Gasteiger partial charge in [0.2, 0.25) is 0 Å². The van der Waals surface area contributed by atoms with Crippen LogP contribution in [0.2, 0.25) is 0 Å². The van der Waals surface area contributed by atoms with Crippen LogP contribution in [0.4, 0.5) is 0 Å². The Morgan fingerprint density at radius 2 is 1.52 bits per heavy atom. The molecule has 0 bridgehead atoms. The molecule has 13 nitrogen and oxygen atoms in total. The molecule has 0 aromatic carbocycles. The molecule has 3 aliphatic rings. The highest BCUT2D eigenvalue weighted by Crippen LogP contribution is 2.29. The van der Waals surface area contributed by atoms with Crippen molar-refractivity contribution in [1.29, 1.82) is 0 Å². The molecule has 0 amide bonds. The van der Waals surface area contributed by atoms with Gasteiger partial charge in [-0.15, -0.1) is 0 Å². The zero-order chi connectivity index (χ0) is 22.9. The number of likely N-dealkylation sites (N-methyl/N-ethyl adjacent to an activating group) is 1. The summed E-state index contributed by atoms with van der Waals surface area (Å²) in [6.07, 6.45) is -8.48. The quantitative estimate of drug-likeness (QED) is 0.183. The highest BCUT2D eigenvalue weighted by Gasteiger charge is 2.47. The molecule has 182 valence electrons. The van der Waals surface area contributed by atoms with Gasteiger partial charge in [-0.3, -0.25) is 0 Å². The normalized spacial score (nSPS) is 51.6. The van der Waals surface area contributed by atoms with Crippen molar-refractivity contribution in [1.82, 2.24) is 5.32 Å². The maximum Gasteiger partial charge on any atom is 0.185 e. The summed E-state index contributed by atoms with van der Waals surface area (Å²) in [5.74, 6) is 0. The SMILES string of the molecule is CN[C@@H]1[C@@H](O)[C@@H](O[C@@H]2C[C@H](O[C@H]3O[C@H](CO)[C@@H](O)[C@H](O)[C@H]3N)[C@@H](N)C[C@H]2N)OC[C@H]1O. The molecule has 31 heavy (non-hydrogen) atoms. The molecule has 13 atom stereocenters. The Labute approximate surface area is 180 Å². The molecular weight excluding hydrogens is 416 g/mol. The first-order chi connectivity index (χ1) is 14.7. The number of hydrogen-bond acceptors (Lipinski definition) is 13. The fraction of sp³-hybridized carbons (Fsp3) is 1.00. The maximum absolute atomic E-state index is 10.5. The van der Waals surface area contributed by atoms with E-state index >= 15 is 0 Å². The molecular formula is C18H36N4O9. The van der Waals surface area contributed by atoms with Crippen molar-refractivity contribution in [2.24, 2.45) is 17.2 Å². The molecule has 13 heteroatoms. The van der Waals surface area contributed by atoms with Crippen LogP contribution in [0, 0.1) is 0 Å². The van der Waals surface area contributed by atoms with Gasteiger partial charge in [0, 0.05) is 18.5 Å². The first-order valence-corrected chi connectivity index (χ1v) is 10.5. The summed E-state index contributed by atoms with van der Waals surface area (Å²) in [4.78, 5) is 0. The van der Waals surface area contributed by atoms with Gasteiger partial charge in [0.1, 0.15) is 24.4 Å². The smallest absolute Gasteiger partial charge is 0.185 e. The number of aliphatic hydroxyl groups is 5. The minimum absolute atomic E-state index is 0.0117. The van der Waals surface area contributed by atoms with E-state index in [0.717, 1.165) is 0 Å². The van der Waals surface area contributed by atoms with Gasteiger partial charge in [-0.25, -0.2) is 0 Å². The molecule has 3 rings (SSSR count).